The maximum atomic E-state index is 12.7. The lowest BCUT2D eigenvalue weighted by Crippen LogP contribution is -2.16. The highest BCUT2D eigenvalue weighted by Crippen LogP contribution is 2.31. The molecule has 0 bridgehead atoms. The van der Waals surface area contributed by atoms with Crippen molar-refractivity contribution >= 4 is 29.1 Å². The SMILES string of the molecule is COc1ccccc1-c1nnc(SCC(=O)Nc2ccccc2C(C)=O)n1CCc1ccccc1. The van der Waals surface area contributed by atoms with Gasteiger partial charge >= 0.3 is 0 Å². The number of nitrogens with one attached hydrogen (secondary N) is 1. The third-order valence-electron chi connectivity index (χ3n) is 5.44. The number of ketones is 1. The molecule has 4 rings (SSSR count). The lowest BCUT2D eigenvalue weighted by molar-refractivity contribution is -0.113. The smallest absolute Gasteiger partial charge is 0.234 e. The minimum atomic E-state index is -0.222. The van der Waals surface area contributed by atoms with Gasteiger partial charge in [-0.1, -0.05) is 66.4 Å². The quantitative estimate of drug-likeness (QED) is 0.247. The van der Waals surface area contributed by atoms with Crippen LogP contribution in [0.3, 0.4) is 0 Å². The number of rotatable bonds is 10. The first kappa shape index (κ1) is 24.2. The second-order valence-electron chi connectivity index (χ2n) is 7.83. The lowest BCUT2D eigenvalue weighted by atomic mass is 10.1. The van der Waals surface area contributed by atoms with E-state index in [1.165, 1.54) is 24.2 Å². The highest BCUT2D eigenvalue weighted by atomic mass is 32.2. The Morgan fingerprint density at radius 3 is 2.43 bits per heavy atom. The molecule has 1 aromatic heterocycles. The number of methoxy groups -OCH3 is 1. The van der Waals surface area contributed by atoms with E-state index < -0.39 is 0 Å². The summed E-state index contributed by atoms with van der Waals surface area (Å²) in [5, 5.41) is 12.3. The van der Waals surface area contributed by atoms with Gasteiger partial charge in [-0.15, -0.1) is 10.2 Å². The van der Waals surface area contributed by atoms with E-state index in [1.807, 2.05) is 47.0 Å². The largest absolute Gasteiger partial charge is 0.496 e. The first-order valence-electron chi connectivity index (χ1n) is 11.2. The summed E-state index contributed by atoms with van der Waals surface area (Å²) in [7, 11) is 1.63. The summed E-state index contributed by atoms with van der Waals surface area (Å²) in [6.45, 7) is 2.12. The molecule has 1 amide bonds. The van der Waals surface area contributed by atoms with Gasteiger partial charge in [0.15, 0.2) is 16.8 Å². The van der Waals surface area contributed by atoms with Gasteiger partial charge in [0, 0.05) is 12.1 Å². The molecule has 1 N–H and O–H groups in total. The van der Waals surface area contributed by atoms with Crippen molar-refractivity contribution < 1.29 is 14.3 Å². The Morgan fingerprint density at radius 2 is 1.66 bits per heavy atom. The topological polar surface area (TPSA) is 86.1 Å². The number of benzene rings is 3. The normalized spacial score (nSPS) is 10.7. The number of carbonyl (C=O) groups is 2. The van der Waals surface area contributed by atoms with Gasteiger partial charge in [0.05, 0.1) is 24.1 Å². The van der Waals surface area contributed by atoms with Gasteiger partial charge < -0.3 is 14.6 Å². The molecule has 178 valence electrons. The molecule has 35 heavy (non-hydrogen) atoms. The van der Waals surface area contributed by atoms with Crippen LogP contribution >= 0.6 is 11.8 Å². The van der Waals surface area contributed by atoms with Crippen molar-refractivity contribution in [2.75, 3.05) is 18.2 Å². The standard InChI is InChI=1S/C27H26N4O3S/c1-19(32)21-12-6-8-14-23(21)28-25(33)18-35-27-30-29-26(22-13-7-9-15-24(22)34-2)31(27)17-16-20-10-4-3-5-11-20/h3-15H,16-18H2,1-2H3,(H,28,33). The van der Waals surface area contributed by atoms with Crippen molar-refractivity contribution in [1.82, 2.24) is 14.8 Å². The maximum absolute atomic E-state index is 12.7. The number of aryl methyl sites for hydroxylation is 1. The highest BCUT2D eigenvalue weighted by Gasteiger charge is 2.19. The summed E-state index contributed by atoms with van der Waals surface area (Å²) < 4.78 is 7.56. The summed E-state index contributed by atoms with van der Waals surface area (Å²) in [5.41, 5.74) is 3.02. The number of aromatic nitrogens is 3. The Labute approximate surface area is 208 Å². The summed E-state index contributed by atoms with van der Waals surface area (Å²) >= 11 is 1.30. The molecule has 0 saturated carbocycles. The molecular weight excluding hydrogens is 460 g/mol. The van der Waals surface area contributed by atoms with Gasteiger partial charge in [0.1, 0.15) is 5.75 Å². The zero-order chi connectivity index (χ0) is 24.6. The van der Waals surface area contributed by atoms with Crippen LogP contribution in [0.5, 0.6) is 5.75 Å². The van der Waals surface area contributed by atoms with Gasteiger partial charge in [0.2, 0.25) is 5.91 Å². The minimum Gasteiger partial charge on any atom is -0.496 e. The molecule has 0 aliphatic heterocycles. The molecule has 4 aromatic rings. The van der Waals surface area contributed by atoms with E-state index in [2.05, 4.69) is 27.6 Å². The Bertz CT molecular complexity index is 1320. The average Bonchev–Trinajstić information content (AvgIpc) is 3.29. The fourth-order valence-corrected chi connectivity index (χ4v) is 4.49. The van der Waals surface area contributed by atoms with E-state index in [0.29, 0.717) is 34.5 Å². The van der Waals surface area contributed by atoms with Crippen LogP contribution in [-0.2, 0) is 17.8 Å². The molecule has 0 spiro atoms. The molecule has 0 saturated heterocycles. The zero-order valence-electron chi connectivity index (χ0n) is 19.6. The van der Waals surface area contributed by atoms with Crippen molar-refractivity contribution in [3.05, 3.63) is 90.0 Å². The minimum absolute atomic E-state index is 0.101. The molecule has 0 aliphatic rings. The first-order valence-corrected chi connectivity index (χ1v) is 12.2. The van der Waals surface area contributed by atoms with Crippen LogP contribution in [0.2, 0.25) is 0 Å². The van der Waals surface area contributed by atoms with Crippen molar-refractivity contribution in [3.63, 3.8) is 0 Å². The first-order chi connectivity index (χ1) is 17.1. The van der Waals surface area contributed by atoms with Crippen molar-refractivity contribution in [2.45, 2.75) is 25.0 Å². The van der Waals surface area contributed by atoms with Gasteiger partial charge in [-0.25, -0.2) is 0 Å². The molecule has 7 nitrogen and oxygen atoms in total. The molecule has 3 aromatic carbocycles. The number of hydrogen-bond acceptors (Lipinski definition) is 6. The number of carbonyl (C=O) groups excluding carboxylic acids is 2. The summed E-state index contributed by atoms with van der Waals surface area (Å²) in [6, 6.07) is 24.8. The van der Waals surface area contributed by atoms with Crippen LogP contribution in [0.15, 0.2) is 84.0 Å². The fraction of sp³-hybridized carbons (Fsp3) is 0.185. The number of hydrogen-bond donors (Lipinski definition) is 1. The van der Waals surface area contributed by atoms with E-state index in [9.17, 15) is 9.59 Å². The summed E-state index contributed by atoms with van der Waals surface area (Å²) in [4.78, 5) is 24.6. The van der Waals surface area contributed by atoms with Crippen LogP contribution in [0, 0.1) is 0 Å². The van der Waals surface area contributed by atoms with E-state index in [1.54, 1.807) is 31.4 Å². The average molecular weight is 487 g/mol. The van der Waals surface area contributed by atoms with Gasteiger partial charge in [-0.2, -0.15) is 0 Å². The molecule has 0 unspecified atom stereocenters. The number of amides is 1. The summed E-state index contributed by atoms with van der Waals surface area (Å²) in [6.07, 6.45) is 0.784. The third kappa shape index (κ3) is 5.96. The molecule has 0 fully saturated rings. The Hall–Kier alpha value is -3.91. The van der Waals surface area contributed by atoms with Crippen LogP contribution in [-0.4, -0.2) is 39.3 Å². The van der Waals surface area contributed by atoms with Gasteiger partial charge in [-0.3, -0.25) is 9.59 Å². The molecular formula is C27H26N4O3S. The predicted molar refractivity (Wildman–Crippen MR) is 138 cm³/mol. The number of thioether (sulfide) groups is 1. The molecule has 8 heteroatoms. The van der Waals surface area contributed by atoms with Crippen LogP contribution in [0.1, 0.15) is 22.8 Å². The zero-order valence-corrected chi connectivity index (χ0v) is 20.4. The molecule has 1 heterocycles. The molecule has 0 radical (unpaired) electrons. The Balaban J connectivity index is 1.55. The van der Waals surface area contributed by atoms with Gasteiger partial charge in [0.25, 0.3) is 0 Å². The second kappa shape index (κ2) is 11.5. The number of nitrogens with zero attached hydrogens (tertiary/aromatic N) is 3. The number of para-hydroxylation sites is 2. The van der Waals surface area contributed by atoms with E-state index in [-0.39, 0.29) is 17.4 Å². The molecule has 0 atom stereocenters. The van der Waals surface area contributed by atoms with Crippen LogP contribution in [0.25, 0.3) is 11.4 Å². The third-order valence-corrected chi connectivity index (χ3v) is 6.41. The highest BCUT2D eigenvalue weighted by molar-refractivity contribution is 7.99. The summed E-state index contributed by atoms with van der Waals surface area (Å²) in [5.74, 6) is 1.19. The van der Waals surface area contributed by atoms with E-state index >= 15 is 0 Å². The van der Waals surface area contributed by atoms with Crippen molar-refractivity contribution in [3.8, 4) is 17.1 Å². The van der Waals surface area contributed by atoms with Crippen LogP contribution in [0.4, 0.5) is 5.69 Å². The number of anilines is 1. The van der Waals surface area contributed by atoms with Gasteiger partial charge in [-0.05, 0) is 43.2 Å². The predicted octanol–water partition coefficient (Wildman–Crippen LogP) is 5.13. The molecule has 0 aliphatic carbocycles. The van der Waals surface area contributed by atoms with E-state index in [0.717, 1.165) is 12.0 Å². The fourth-order valence-electron chi connectivity index (χ4n) is 3.73. The number of Topliss-reactive ketones (excluding diaryl/α,β-unsaturated/α-hetero) is 1. The Kier molecular flexibility index (Phi) is 7.95. The van der Waals surface area contributed by atoms with E-state index in [4.69, 9.17) is 4.74 Å². The van der Waals surface area contributed by atoms with Crippen molar-refractivity contribution in [2.24, 2.45) is 0 Å². The van der Waals surface area contributed by atoms with Crippen LogP contribution < -0.4 is 10.1 Å². The monoisotopic (exact) mass is 486 g/mol. The maximum Gasteiger partial charge on any atom is 0.234 e. The Morgan fingerprint density at radius 1 is 0.943 bits per heavy atom. The lowest BCUT2D eigenvalue weighted by Gasteiger charge is -2.13. The second-order valence-corrected chi connectivity index (χ2v) is 8.77. The number of ether oxygens (including phenoxy) is 1. The van der Waals surface area contributed by atoms with Crippen molar-refractivity contribution in [1.29, 1.82) is 0 Å².